The van der Waals surface area contributed by atoms with Gasteiger partial charge in [0.05, 0.1) is 5.69 Å². The van der Waals surface area contributed by atoms with E-state index in [1.807, 2.05) is 0 Å². The molecule has 0 saturated carbocycles. The van der Waals surface area contributed by atoms with E-state index in [-0.39, 0.29) is 23.6 Å². The molecule has 0 saturated heterocycles. The molecule has 0 heterocycles. The molecule has 0 aliphatic carbocycles. The molecule has 2 amide bonds. The number of primary amides is 1. The average Bonchev–Trinajstić information content (AvgIpc) is 2.80. The van der Waals surface area contributed by atoms with E-state index in [2.05, 4.69) is 5.32 Å². The van der Waals surface area contributed by atoms with Crippen LogP contribution in [0.1, 0.15) is 21.5 Å². The summed E-state index contributed by atoms with van der Waals surface area (Å²) in [5, 5.41) is 11.5. The van der Waals surface area contributed by atoms with Crippen LogP contribution < -0.4 is 26.6 Å². The van der Waals surface area contributed by atoms with Crippen LogP contribution in [0.3, 0.4) is 0 Å². The second-order valence-electron chi connectivity index (χ2n) is 7.60. The van der Waals surface area contributed by atoms with Crippen LogP contribution in [0.2, 0.25) is 0 Å². The number of benzene rings is 3. The summed E-state index contributed by atoms with van der Waals surface area (Å²) in [6, 6.07) is 15.3. The molecule has 14 heteroatoms. The molecule has 0 fully saturated rings. The average molecular weight is 523 g/mol. The van der Waals surface area contributed by atoms with Gasteiger partial charge in [-0.15, -0.1) is 4.83 Å². The van der Waals surface area contributed by atoms with Gasteiger partial charge in [0.15, 0.2) is 0 Å². The van der Waals surface area contributed by atoms with Gasteiger partial charge in [-0.1, -0.05) is 42.5 Å². The van der Waals surface area contributed by atoms with Crippen LogP contribution in [0.25, 0.3) is 10.8 Å². The summed E-state index contributed by atoms with van der Waals surface area (Å²) in [4.78, 5) is 25.5. The summed E-state index contributed by atoms with van der Waals surface area (Å²) in [5.74, 6) is -1.60. The summed E-state index contributed by atoms with van der Waals surface area (Å²) >= 11 is 0. The first-order valence-corrected chi connectivity index (χ1v) is 11.7. The fourth-order valence-electron chi connectivity index (χ4n) is 3.25. The molecular formula is C22H21F3N6O4S. The topological polar surface area (TPSA) is 171 Å². The number of amidine groups is 1. The molecular weight excluding hydrogens is 501 g/mol. The summed E-state index contributed by atoms with van der Waals surface area (Å²) < 4.78 is 61.6. The maximum Gasteiger partial charge on any atom is 0.513 e. The maximum absolute atomic E-state index is 12.8. The van der Waals surface area contributed by atoms with E-state index >= 15 is 0 Å². The lowest BCUT2D eigenvalue weighted by molar-refractivity contribution is -0.116. The zero-order chi connectivity index (χ0) is 26.7. The second kappa shape index (κ2) is 10.2. The van der Waals surface area contributed by atoms with Crippen LogP contribution in [0.5, 0.6) is 0 Å². The predicted octanol–water partition coefficient (Wildman–Crippen LogP) is 1.70. The number of nitrogens with zero attached hydrogens (tertiary/aromatic N) is 1. The Labute approximate surface area is 203 Å². The number of alkyl halides is 3. The number of fused-ring (bicyclic) bond motifs is 1. The fourth-order valence-corrected chi connectivity index (χ4v) is 3.81. The van der Waals surface area contributed by atoms with Gasteiger partial charge >= 0.3 is 15.5 Å². The molecule has 0 aliphatic rings. The number of hydrogen-bond acceptors (Lipinski definition) is 6. The molecule has 0 spiro atoms. The number of anilines is 1. The molecule has 0 radical (unpaired) electrons. The van der Waals surface area contributed by atoms with Gasteiger partial charge in [0.2, 0.25) is 5.91 Å². The maximum atomic E-state index is 12.8. The molecule has 7 N–H and O–H groups in total. The SMILES string of the molecule is N=C(N)c1ccc(CNC(=O)c2cccc3cc(N(CC(N)=O)NS(=O)(=O)C(F)(F)F)ccc23)cc1. The molecule has 3 aromatic carbocycles. The van der Waals surface area contributed by atoms with Crippen LogP contribution in [-0.2, 0) is 21.4 Å². The number of hydrazine groups is 1. The van der Waals surface area contributed by atoms with E-state index in [9.17, 15) is 31.2 Å². The van der Waals surface area contributed by atoms with Crippen molar-refractivity contribution >= 4 is 44.1 Å². The fraction of sp³-hybridized carbons (Fsp3) is 0.136. The summed E-state index contributed by atoms with van der Waals surface area (Å²) in [7, 11) is -5.82. The Bertz CT molecular complexity index is 1430. The van der Waals surface area contributed by atoms with Crippen molar-refractivity contribution in [3.8, 4) is 0 Å². The van der Waals surface area contributed by atoms with Gasteiger partial charge in [0.1, 0.15) is 12.4 Å². The van der Waals surface area contributed by atoms with Gasteiger partial charge in [-0.3, -0.25) is 20.0 Å². The zero-order valence-corrected chi connectivity index (χ0v) is 19.3. The van der Waals surface area contributed by atoms with Crippen LogP contribution in [0, 0.1) is 5.41 Å². The number of nitrogen functional groups attached to an aromatic ring is 1. The normalized spacial score (nSPS) is 11.8. The lowest BCUT2D eigenvalue weighted by atomic mass is 10.0. The lowest BCUT2D eigenvalue weighted by Crippen LogP contribution is -2.50. The van der Waals surface area contributed by atoms with E-state index in [4.69, 9.17) is 16.9 Å². The minimum absolute atomic E-state index is 0.0821. The highest BCUT2D eigenvalue weighted by Crippen LogP contribution is 2.27. The monoisotopic (exact) mass is 522 g/mol. The molecule has 190 valence electrons. The standard InChI is InChI=1S/C22H21F3N6O4S/c23-22(24,25)36(34,35)30-31(12-19(26)32)16-8-9-17-15(10-16)2-1-3-18(17)21(33)29-11-13-4-6-14(7-5-13)20(27)28/h1-10,30H,11-12H2,(H2,26,32)(H3,27,28)(H,29,33). The highest BCUT2D eigenvalue weighted by Gasteiger charge is 2.47. The van der Waals surface area contributed by atoms with E-state index < -0.39 is 33.9 Å². The summed E-state index contributed by atoms with van der Waals surface area (Å²) in [6.07, 6.45) is 0. The van der Waals surface area contributed by atoms with Crippen LogP contribution in [0.4, 0.5) is 18.9 Å². The number of sulfonamides is 1. The minimum Gasteiger partial charge on any atom is -0.384 e. The number of rotatable bonds is 9. The van der Waals surface area contributed by atoms with Crippen LogP contribution >= 0.6 is 0 Å². The predicted molar refractivity (Wildman–Crippen MR) is 127 cm³/mol. The largest absolute Gasteiger partial charge is 0.513 e. The first-order chi connectivity index (χ1) is 16.8. The lowest BCUT2D eigenvalue weighted by Gasteiger charge is -2.24. The Kier molecular flexibility index (Phi) is 7.50. The zero-order valence-electron chi connectivity index (χ0n) is 18.5. The van der Waals surface area contributed by atoms with E-state index in [0.29, 0.717) is 21.3 Å². The highest BCUT2D eigenvalue weighted by atomic mass is 32.2. The van der Waals surface area contributed by atoms with E-state index in [1.54, 1.807) is 42.5 Å². The van der Waals surface area contributed by atoms with Gasteiger partial charge in [0.25, 0.3) is 5.91 Å². The Morgan fingerprint density at radius 2 is 1.67 bits per heavy atom. The molecule has 0 unspecified atom stereocenters. The van der Waals surface area contributed by atoms with Crippen molar-refractivity contribution in [3.63, 3.8) is 0 Å². The Morgan fingerprint density at radius 3 is 2.25 bits per heavy atom. The van der Waals surface area contributed by atoms with Gasteiger partial charge in [0, 0.05) is 17.7 Å². The van der Waals surface area contributed by atoms with Crippen LogP contribution in [-0.4, -0.2) is 38.1 Å². The first-order valence-electron chi connectivity index (χ1n) is 10.2. The van der Waals surface area contributed by atoms with Crippen molar-refractivity contribution < 1.29 is 31.2 Å². The first kappa shape index (κ1) is 26.4. The third-order valence-electron chi connectivity index (χ3n) is 4.99. The van der Waals surface area contributed by atoms with E-state index in [0.717, 1.165) is 5.56 Å². The Balaban J connectivity index is 1.86. The number of carbonyl (C=O) groups is 2. The molecule has 0 aromatic heterocycles. The van der Waals surface area contributed by atoms with Gasteiger partial charge in [-0.05, 0) is 34.5 Å². The number of halogens is 3. The van der Waals surface area contributed by atoms with Crippen LogP contribution in [0.15, 0.2) is 60.7 Å². The molecule has 10 nitrogen and oxygen atoms in total. The van der Waals surface area contributed by atoms with Gasteiger partial charge in [-0.2, -0.15) is 13.2 Å². The van der Waals surface area contributed by atoms with Crippen molar-refractivity contribution in [2.75, 3.05) is 11.6 Å². The third-order valence-corrected chi connectivity index (χ3v) is 6.06. The second-order valence-corrected chi connectivity index (χ2v) is 9.25. The molecule has 0 bridgehead atoms. The summed E-state index contributed by atoms with van der Waals surface area (Å²) in [5.41, 5.74) is 6.34. The number of carbonyl (C=O) groups excluding carboxylic acids is 2. The summed E-state index contributed by atoms with van der Waals surface area (Å²) in [6.45, 7) is -0.694. The molecule has 36 heavy (non-hydrogen) atoms. The van der Waals surface area contributed by atoms with Crippen molar-refractivity contribution in [2.24, 2.45) is 11.5 Å². The number of nitrogens with one attached hydrogen (secondary N) is 3. The Hall–Kier alpha value is -4.17. The van der Waals surface area contributed by atoms with Gasteiger partial charge in [-0.25, -0.2) is 8.42 Å². The van der Waals surface area contributed by atoms with Crippen molar-refractivity contribution in [3.05, 3.63) is 77.4 Å². The Morgan fingerprint density at radius 1 is 1.00 bits per heavy atom. The quantitative estimate of drug-likeness (QED) is 0.163. The number of nitrogens with two attached hydrogens (primary N) is 2. The van der Waals surface area contributed by atoms with Crippen molar-refractivity contribution in [2.45, 2.75) is 12.1 Å². The third kappa shape index (κ3) is 6.09. The smallest absolute Gasteiger partial charge is 0.384 e. The van der Waals surface area contributed by atoms with Crippen molar-refractivity contribution in [1.82, 2.24) is 10.1 Å². The van der Waals surface area contributed by atoms with Gasteiger partial charge < -0.3 is 16.8 Å². The molecule has 3 rings (SSSR count). The molecule has 3 aromatic rings. The van der Waals surface area contributed by atoms with E-state index in [1.165, 1.54) is 23.0 Å². The molecule has 0 aliphatic heterocycles. The molecule has 0 atom stereocenters. The number of amides is 2. The number of hydrogen-bond donors (Lipinski definition) is 5. The minimum atomic E-state index is -5.82. The van der Waals surface area contributed by atoms with Crippen molar-refractivity contribution in [1.29, 1.82) is 5.41 Å². The highest BCUT2D eigenvalue weighted by molar-refractivity contribution is 7.90.